The zero-order chi connectivity index (χ0) is 20.1. The Bertz CT molecular complexity index is 549. The Balaban J connectivity index is 2.40. The summed E-state index contributed by atoms with van der Waals surface area (Å²) in [4.78, 5) is 36.8. The summed E-state index contributed by atoms with van der Waals surface area (Å²) in [6, 6.07) is 0.142. The Morgan fingerprint density at radius 3 is 2.44 bits per heavy atom. The van der Waals surface area contributed by atoms with Crippen LogP contribution in [0.2, 0.25) is 0 Å². The Labute approximate surface area is 163 Å². The van der Waals surface area contributed by atoms with Gasteiger partial charge in [-0.3, -0.25) is 14.6 Å². The first-order chi connectivity index (χ1) is 13.0. The van der Waals surface area contributed by atoms with E-state index in [1.54, 1.807) is 4.90 Å². The Morgan fingerprint density at radius 2 is 1.85 bits per heavy atom. The summed E-state index contributed by atoms with van der Waals surface area (Å²) in [5.74, 6) is -0.191. The number of hydrogen-bond donors (Lipinski definition) is 1. The van der Waals surface area contributed by atoms with Gasteiger partial charge in [-0.2, -0.15) is 0 Å². The third-order valence-corrected chi connectivity index (χ3v) is 4.59. The van der Waals surface area contributed by atoms with E-state index >= 15 is 0 Å². The van der Waals surface area contributed by atoms with Gasteiger partial charge in [-0.25, -0.2) is 4.98 Å². The van der Waals surface area contributed by atoms with E-state index in [4.69, 9.17) is 0 Å². The van der Waals surface area contributed by atoms with Crippen molar-refractivity contribution in [3.05, 3.63) is 24.3 Å². The lowest BCUT2D eigenvalue weighted by atomic mass is 10.1. The van der Waals surface area contributed by atoms with Crippen molar-refractivity contribution in [2.24, 2.45) is 0 Å². The minimum absolute atomic E-state index is 0.0154. The van der Waals surface area contributed by atoms with Crippen LogP contribution in [0.3, 0.4) is 0 Å². The molecule has 1 heterocycles. The lowest BCUT2D eigenvalue weighted by molar-refractivity contribution is -0.121. The summed E-state index contributed by atoms with van der Waals surface area (Å²) < 4.78 is 0. The van der Waals surface area contributed by atoms with E-state index in [1.807, 2.05) is 13.8 Å². The average molecular weight is 378 g/mol. The van der Waals surface area contributed by atoms with E-state index in [-0.39, 0.29) is 17.9 Å². The number of nitrogens with zero attached hydrogens (tertiary/aromatic N) is 4. The van der Waals surface area contributed by atoms with Gasteiger partial charge in [0.25, 0.3) is 5.91 Å². The number of carbonyl (C=O) groups is 2. The third kappa shape index (κ3) is 8.95. The largest absolute Gasteiger partial charge is 0.354 e. The Kier molecular flexibility index (Phi) is 11.2. The summed E-state index contributed by atoms with van der Waals surface area (Å²) in [7, 11) is 0. The van der Waals surface area contributed by atoms with E-state index < -0.39 is 0 Å². The number of nitrogens with one attached hydrogen (secondary N) is 1. The van der Waals surface area contributed by atoms with Crippen molar-refractivity contribution < 1.29 is 9.59 Å². The molecule has 0 saturated heterocycles. The molecule has 152 valence electrons. The predicted octanol–water partition coefficient (Wildman–Crippen LogP) is 2.35. The van der Waals surface area contributed by atoms with E-state index in [2.05, 4.69) is 34.0 Å². The molecule has 1 rings (SSSR count). The van der Waals surface area contributed by atoms with Crippen molar-refractivity contribution in [1.29, 1.82) is 0 Å². The maximum Gasteiger partial charge on any atom is 0.274 e. The first kappa shape index (κ1) is 23.0. The number of amides is 2. The monoisotopic (exact) mass is 377 g/mol. The maximum absolute atomic E-state index is 12.5. The molecule has 1 atom stereocenters. The highest BCUT2D eigenvalue weighted by Gasteiger charge is 2.18. The summed E-state index contributed by atoms with van der Waals surface area (Å²) in [5, 5.41) is 3.04. The second-order valence-corrected chi connectivity index (χ2v) is 6.77. The first-order valence-corrected chi connectivity index (χ1v) is 10.1. The molecule has 0 aromatic carbocycles. The minimum atomic E-state index is -0.176. The fraction of sp³-hybridized carbons (Fsp3) is 0.700. The minimum Gasteiger partial charge on any atom is -0.354 e. The van der Waals surface area contributed by atoms with Crippen LogP contribution in [0.5, 0.6) is 0 Å². The van der Waals surface area contributed by atoms with Crippen LogP contribution in [-0.4, -0.2) is 70.3 Å². The number of carbonyl (C=O) groups excluding carboxylic acids is 2. The standard InChI is InChI=1S/C20H35N5O2/c1-5-13-25(20(27)18-16-21-11-12-22-18)15-10-19(26)23-17(4)9-8-14-24(6-2)7-3/h11-12,16-17H,5-10,13-15H2,1-4H3,(H,23,26). The summed E-state index contributed by atoms with van der Waals surface area (Å²) in [6.45, 7) is 12.5. The van der Waals surface area contributed by atoms with Gasteiger partial charge in [-0.1, -0.05) is 20.8 Å². The number of aromatic nitrogens is 2. The lowest BCUT2D eigenvalue weighted by Gasteiger charge is -2.22. The van der Waals surface area contributed by atoms with Crippen LogP contribution in [0.15, 0.2) is 18.6 Å². The molecule has 2 amide bonds. The van der Waals surface area contributed by atoms with Crippen molar-refractivity contribution in [1.82, 2.24) is 25.1 Å². The van der Waals surface area contributed by atoms with Crippen molar-refractivity contribution in [2.45, 2.75) is 59.4 Å². The predicted molar refractivity (Wildman–Crippen MR) is 107 cm³/mol. The topological polar surface area (TPSA) is 78.4 Å². The van der Waals surface area contributed by atoms with E-state index in [0.29, 0.717) is 25.2 Å². The molecule has 1 N–H and O–H groups in total. The van der Waals surface area contributed by atoms with Gasteiger partial charge >= 0.3 is 0 Å². The Hall–Kier alpha value is -2.02. The second kappa shape index (κ2) is 13.2. The van der Waals surface area contributed by atoms with Crippen LogP contribution >= 0.6 is 0 Å². The summed E-state index contributed by atoms with van der Waals surface area (Å²) >= 11 is 0. The fourth-order valence-electron chi connectivity index (χ4n) is 2.97. The van der Waals surface area contributed by atoms with Gasteiger partial charge < -0.3 is 15.1 Å². The number of hydrogen-bond acceptors (Lipinski definition) is 5. The molecule has 0 spiro atoms. The molecule has 0 aliphatic carbocycles. The van der Waals surface area contributed by atoms with Crippen LogP contribution in [0, 0.1) is 0 Å². The normalized spacial score (nSPS) is 12.0. The highest BCUT2D eigenvalue weighted by molar-refractivity contribution is 5.92. The van der Waals surface area contributed by atoms with Gasteiger partial charge in [0.05, 0.1) is 6.20 Å². The number of rotatable bonds is 13. The highest BCUT2D eigenvalue weighted by atomic mass is 16.2. The van der Waals surface area contributed by atoms with E-state index in [0.717, 1.165) is 38.9 Å². The Morgan fingerprint density at radius 1 is 1.11 bits per heavy atom. The zero-order valence-corrected chi connectivity index (χ0v) is 17.3. The SMILES string of the molecule is CCCN(CCC(=O)NC(C)CCCN(CC)CC)C(=O)c1cnccn1. The highest BCUT2D eigenvalue weighted by Crippen LogP contribution is 2.04. The molecule has 7 nitrogen and oxygen atoms in total. The molecule has 0 aliphatic heterocycles. The summed E-state index contributed by atoms with van der Waals surface area (Å²) in [6.07, 6.45) is 7.65. The molecule has 0 aliphatic rings. The molecule has 0 radical (unpaired) electrons. The van der Waals surface area contributed by atoms with Crippen molar-refractivity contribution in [2.75, 3.05) is 32.7 Å². The molecule has 1 aromatic heterocycles. The van der Waals surface area contributed by atoms with Crippen LogP contribution in [0.1, 0.15) is 63.9 Å². The molecule has 0 bridgehead atoms. The maximum atomic E-state index is 12.5. The van der Waals surface area contributed by atoms with Crippen LogP contribution in [-0.2, 0) is 4.79 Å². The van der Waals surface area contributed by atoms with Gasteiger partial charge in [0.1, 0.15) is 5.69 Å². The molecule has 27 heavy (non-hydrogen) atoms. The van der Waals surface area contributed by atoms with Gasteiger partial charge in [0.15, 0.2) is 0 Å². The zero-order valence-electron chi connectivity index (χ0n) is 17.3. The molecule has 1 aromatic rings. The van der Waals surface area contributed by atoms with E-state index in [1.165, 1.54) is 18.6 Å². The average Bonchev–Trinajstić information content (AvgIpc) is 2.68. The quantitative estimate of drug-likeness (QED) is 0.571. The fourth-order valence-corrected chi connectivity index (χ4v) is 2.97. The van der Waals surface area contributed by atoms with Gasteiger partial charge in [-0.15, -0.1) is 0 Å². The van der Waals surface area contributed by atoms with Crippen LogP contribution in [0.4, 0.5) is 0 Å². The van der Waals surface area contributed by atoms with Crippen molar-refractivity contribution in [3.63, 3.8) is 0 Å². The molecular formula is C20H35N5O2. The molecule has 0 saturated carbocycles. The molecule has 0 fully saturated rings. The smallest absolute Gasteiger partial charge is 0.274 e. The molecular weight excluding hydrogens is 342 g/mol. The first-order valence-electron chi connectivity index (χ1n) is 10.1. The van der Waals surface area contributed by atoms with Crippen molar-refractivity contribution in [3.8, 4) is 0 Å². The summed E-state index contributed by atoms with van der Waals surface area (Å²) in [5.41, 5.74) is 0.316. The lowest BCUT2D eigenvalue weighted by Crippen LogP contribution is -2.38. The molecule has 7 heteroatoms. The van der Waals surface area contributed by atoms with Gasteiger partial charge in [0, 0.05) is 37.9 Å². The molecule has 1 unspecified atom stereocenters. The second-order valence-electron chi connectivity index (χ2n) is 6.77. The van der Waals surface area contributed by atoms with Crippen LogP contribution < -0.4 is 5.32 Å². The van der Waals surface area contributed by atoms with Gasteiger partial charge in [-0.05, 0) is 45.8 Å². The van der Waals surface area contributed by atoms with Gasteiger partial charge in [0.2, 0.25) is 5.91 Å². The van der Waals surface area contributed by atoms with E-state index in [9.17, 15) is 9.59 Å². The van der Waals surface area contributed by atoms with Crippen molar-refractivity contribution >= 4 is 11.8 Å². The third-order valence-electron chi connectivity index (χ3n) is 4.59. The van der Waals surface area contributed by atoms with Crippen LogP contribution in [0.25, 0.3) is 0 Å².